The van der Waals surface area contributed by atoms with Crippen LogP contribution >= 0.6 is 0 Å². The monoisotopic (exact) mass is 1990 g/mol. The van der Waals surface area contributed by atoms with Crippen LogP contribution in [0.3, 0.4) is 0 Å². The first-order chi connectivity index (χ1) is 72.0. The highest BCUT2D eigenvalue weighted by Gasteiger charge is 2.30. The van der Waals surface area contributed by atoms with Crippen LogP contribution in [0.2, 0.25) is 0 Å². The molecule has 0 saturated carbocycles. The number of hydrogen-bond acceptors (Lipinski definition) is 31. The number of ketones is 1. The van der Waals surface area contributed by atoms with Crippen molar-refractivity contribution in [1.29, 1.82) is 0 Å². The van der Waals surface area contributed by atoms with E-state index in [0.717, 1.165) is 71.7 Å². The van der Waals surface area contributed by atoms with E-state index in [2.05, 4.69) is 141 Å². The quantitative estimate of drug-likeness (QED) is 0.0300. The van der Waals surface area contributed by atoms with Crippen LogP contribution in [-0.4, -0.2) is 300 Å². The van der Waals surface area contributed by atoms with Crippen molar-refractivity contribution in [3.8, 4) is 90.6 Å². The van der Waals surface area contributed by atoms with Gasteiger partial charge in [-0.05, 0) is 54.4 Å². The van der Waals surface area contributed by atoms with Gasteiger partial charge in [-0.1, -0.05) is 47.6 Å². The fraction of sp³-hybridized carbons (Fsp3) is 0.255. The molecule has 23 rings (SSSR count). The first-order valence-corrected chi connectivity index (χ1v) is 47.8. The van der Waals surface area contributed by atoms with E-state index in [1.165, 1.54) is 11.1 Å². The molecule has 23 heterocycles. The van der Waals surface area contributed by atoms with Crippen molar-refractivity contribution in [2.75, 3.05) is 109 Å². The number of hydrogen-bond donors (Lipinski definition) is 11. The maximum Gasteiger partial charge on any atom is 0.257 e. The van der Waals surface area contributed by atoms with Crippen molar-refractivity contribution in [2.45, 2.75) is 67.2 Å². The van der Waals surface area contributed by atoms with E-state index in [1.807, 2.05) is 89.2 Å². The summed E-state index contributed by atoms with van der Waals surface area (Å²) in [6.07, 6.45) is 32.9. The number of H-pyrrole nitrogens is 8. The lowest BCUT2D eigenvalue weighted by Gasteiger charge is -2.26. The summed E-state index contributed by atoms with van der Waals surface area (Å²) in [6.45, 7) is 17.6. The molecule has 0 atom stereocenters. The molecule has 746 valence electrons. The minimum Gasteiger partial charge on any atom is -0.378 e. The van der Waals surface area contributed by atoms with Crippen LogP contribution in [0.5, 0.6) is 0 Å². The van der Waals surface area contributed by atoms with E-state index in [1.54, 1.807) is 147 Å². The molecule has 0 radical (unpaired) electrons. The molecular weight excluding hydrogens is 1890 g/mol. The molecule has 46 nitrogen and oxygen atoms in total. The number of aromatic nitrogens is 28. The number of pyridine rings is 12. The summed E-state index contributed by atoms with van der Waals surface area (Å²) in [7, 11) is 3.36. The maximum atomic E-state index is 13.2. The fourth-order valence-corrected chi connectivity index (χ4v) is 17.0. The third kappa shape index (κ3) is 20.7. The number of Topliss-reactive ketones (excluding diaryl/α,β-unsaturated/α-hetero) is 1. The Morgan fingerprint density at radius 3 is 1.00 bits per heavy atom. The van der Waals surface area contributed by atoms with Gasteiger partial charge < -0.3 is 69.7 Å². The fourth-order valence-electron chi connectivity index (χ4n) is 17.0. The van der Waals surface area contributed by atoms with Crippen molar-refractivity contribution in [2.24, 2.45) is 11.8 Å². The third-order valence-corrected chi connectivity index (χ3v) is 24.8. The molecule has 20 aromatic heterocycles. The van der Waals surface area contributed by atoms with Crippen molar-refractivity contribution in [3.05, 3.63) is 200 Å². The molecule has 0 aromatic carbocycles. The smallest absolute Gasteiger partial charge is 0.257 e. The number of carbonyl (C=O) groups excluding carboxylic acids is 8. The van der Waals surface area contributed by atoms with Gasteiger partial charge in [0.25, 0.3) is 23.6 Å². The van der Waals surface area contributed by atoms with Crippen molar-refractivity contribution in [3.63, 3.8) is 0 Å². The Kier molecular flexibility index (Phi) is 27.8. The number of nitrogens with one attached hydrogen (secondary N) is 11. The zero-order valence-corrected chi connectivity index (χ0v) is 81.4. The summed E-state index contributed by atoms with van der Waals surface area (Å²) in [6, 6.07) is 17.2. The van der Waals surface area contributed by atoms with Gasteiger partial charge in [0.15, 0.2) is 45.9 Å². The SMILES string of the molecule is CC(C)C(=O)Nc1cncc(-c2cnc3n[nH]c(-c4nc5c(C(=O)N6CCOCC6)cncc5[nH]4)c3c2)c1.CC(C)CC(=O)Nc1cncc(-c2cnc3n[nH]c(-c4nc5c(C(=O)N6CCOCC6)cncc5[nH]4)c3c2)c1.CCC(=O)Cc1ccc(-c2cnc3n[nH]c(-c4nc5c(C(=O)N6CCOCC6)cncc5[nH]4)c3c2)cn1.CCC(=O)Nc1cncc(-c2cnc3n[nH]c(-c4nc5c(C(=O)N(C)C)cncc5[nH]4)c3c2)c1. The number of carbonyl (C=O) groups is 8. The van der Waals surface area contributed by atoms with Crippen LogP contribution < -0.4 is 16.0 Å². The van der Waals surface area contributed by atoms with Crippen LogP contribution in [0, 0.1) is 11.8 Å². The van der Waals surface area contributed by atoms with Gasteiger partial charge in [0, 0.05) is 210 Å². The molecule has 11 N–H and O–H groups in total. The Balaban J connectivity index is 0.000000120. The minimum atomic E-state index is -0.183. The first kappa shape index (κ1) is 96.9. The average molecular weight is 1990 g/mol. The second kappa shape index (κ2) is 42.5. The Morgan fingerprint density at radius 1 is 0.358 bits per heavy atom. The topological polar surface area (TPSA) is 597 Å². The summed E-state index contributed by atoms with van der Waals surface area (Å²) in [5, 5.41) is 41.0. The molecule has 20 aromatic rings. The molecule has 3 aliphatic heterocycles. The number of rotatable bonds is 22. The molecule has 0 unspecified atom stereocenters. The number of ether oxygens (including phenoxy) is 3. The van der Waals surface area contributed by atoms with Crippen molar-refractivity contribution >= 4 is 152 Å². The van der Waals surface area contributed by atoms with E-state index in [9.17, 15) is 38.4 Å². The van der Waals surface area contributed by atoms with Crippen LogP contribution in [0.15, 0.2) is 172 Å². The van der Waals surface area contributed by atoms with Crippen LogP contribution in [0.25, 0.3) is 179 Å². The van der Waals surface area contributed by atoms with Gasteiger partial charge in [0.2, 0.25) is 17.7 Å². The number of aromatic amines is 8. The predicted molar refractivity (Wildman–Crippen MR) is 548 cm³/mol. The lowest BCUT2D eigenvalue weighted by molar-refractivity contribution is -0.119. The maximum absolute atomic E-state index is 13.2. The highest BCUT2D eigenvalue weighted by Crippen LogP contribution is 2.38. The molecule has 7 amide bonds. The molecule has 0 bridgehead atoms. The first-order valence-electron chi connectivity index (χ1n) is 47.8. The number of fused-ring (bicyclic) bond motifs is 8. The molecule has 3 fully saturated rings. The number of morpholine rings is 3. The van der Waals surface area contributed by atoms with Gasteiger partial charge in [0.05, 0.1) is 166 Å². The van der Waals surface area contributed by atoms with Gasteiger partial charge in [-0.3, -0.25) is 98.6 Å². The molecule has 148 heavy (non-hydrogen) atoms. The van der Waals surface area contributed by atoms with Crippen LogP contribution in [0.4, 0.5) is 17.1 Å². The zero-order valence-electron chi connectivity index (χ0n) is 81.4. The Morgan fingerprint density at radius 2 is 0.676 bits per heavy atom. The van der Waals surface area contributed by atoms with Gasteiger partial charge in [0.1, 0.15) is 50.6 Å². The Labute approximate surface area is 839 Å². The lowest BCUT2D eigenvalue weighted by Crippen LogP contribution is -2.40. The highest BCUT2D eigenvalue weighted by molar-refractivity contribution is 6.10. The van der Waals surface area contributed by atoms with Gasteiger partial charge in [-0.2, -0.15) is 20.4 Å². The summed E-state index contributed by atoms with van der Waals surface area (Å²) in [5.41, 5.74) is 20.2. The molecule has 3 saturated heterocycles. The molecule has 0 aliphatic carbocycles. The summed E-state index contributed by atoms with van der Waals surface area (Å²) < 4.78 is 16.1. The Bertz CT molecular complexity index is 8470. The Hall–Kier alpha value is -18.6. The largest absolute Gasteiger partial charge is 0.378 e. The summed E-state index contributed by atoms with van der Waals surface area (Å²) in [4.78, 5) is 191. The van der Waals surface area contributed by atoms with E-state index in [0.29, 0.717) is 257 Å². The van der Waals surface area contributed by atoms with E-state index < -0.39 is 0 Å². The average Bonchev–Trinajstić information content (AvgIpc) is 1.63. The highest BCUT2D eigenvalue weighted by atomic mass is 16.5. The predicted octanol–water partition coefficient (Wildman–Crippen LogP) is 12.4. The zero-order chi connectivity index (χ0) is 102. The molecule has 0 spiro atoms. The van der Waals surface area contributed by atoms with Gasteiger partial charge >= 0.3 is 0 Å². The number of imidazole rings is 4. The standard InChI is InChI=1S/C27H27N9O3.C26H25N9O3.C26H24N8O3.C23H21N9O2/c1-15(2)7-22(37)31-18-8-16(10-28-12-18)17-9-19-24(34-35-25(19)30-11-17)26-32-21-14-29-13-20(23(21)33-26)27(38)36-3-5-39-6-4-36;1-14(2)25(36)30-17-7-15(9-27-11-17)16-8-18-22(33-34-23(18)29-10-16)24-31-20-13-28-12-19(21(20)32-24)26(37)35-3-5-38-6-4-35;1-2-18(35)10-17-4-3-15(11-28-17)16-9-19-23(32-33-24(19)29-12-16)25-30-21-14-27-13-20(22(21)31-25)26(36)34-5-7-37-8-6-34;1-4-18(33)27-14-5-12(7-24-9-14)13-6-15-20(30-31-21(15)26-8-13)22-28-17-11-25-10-16(19(17)29-22)23(34)32(2)3/h8-15H,3-7H2,1-2H3,(H,31,37)(H,32,33)(H,30,34,35);7-14H,3-6H2,1-2H3,(H,30,36)(H,31,32)(H,29,33,34);3-4,9,11-14H,2,5-8,10H2,1H3,(H,30,31)(H,29,32,33);5-11H,4H2,1-3H3,(H,27,33)(H,28,29)(H,26,30,31). The van der Waals surface area contributed by atoms with Gasteiger partial charge in [-0.25, -0.2) is 39.9 Å². The number of anilines is 3. The summed E-state index contributed by atoms with van der Waals surface area (Å²) >= 11 is 0. The summed E-state index contributed by atoms with van der Waals surface area (Å²) in [5.74, 6) is 1.58. The van der Waals surface area contributed by atoms with Gasteiger partial charge in [-0.15, -0.1) is 0 Å². The van der Waals surface area contributed by atoms with E-state index >= 15 is 0 Å². The molecule has 46 heteroatoms. The second-order valence-electron chi connectivity index (χ2n) is 36.0. The third-order valence-electron chi connectivity index (χ3n) is 24.8. The second-order valence-corrected chi connectivity index (χ2v) is 36.0. The minimum absolute atomic E-state index is 0.0551. The van der Waals surface area contributed by atoms with Crippen LogP contribution in [0.1, 0.15) is 108 Å². The number of nitrogens with zero attached hydrogens (tertiary/aromatic N) is 24. The normalized spacial score (nSPS) is 13.3. The van der Waals surface area contributed by atoms with Crippen molar-refractivity contribution < 1.29 is 52.6 Å². The number of amides is 7. The molecular formula is C102H97N35O11. The van der Waals surface area contributed by atoms with Crippen molar-refractivity contribution in [1.82, 2.24) is 160 Å². The van der Waals surface area contributed by atoms with E-state index in [-0.39, 0.29) is 59.0 Å². The lowest BCUT2D eigenvalue weighted by atomic mass is 10.1. The molecule has 3 aliphatic rings. The van der Waals surface area contributed by atoms with E-state index in [4.69, 9.17) is 29.2 Å². The van der Waals surface area contributed by atoms with Crippen LogP contribution in [-0.2, 0) is 39.8 Å².